The van der Waals surface area contributed by atoms with E-state index in [0.717, 1.165) is 0 Å². The van der Waals surface area contributed by atoms with Crippen molar-refractivity contribution < 1.29 is 23.5 Å². The van der Waals surface area contributed by atoms with E-state index in [9.17, 15) is 14.0 Å². The smallest absolute Gasteiger partial charge is 0.265 e. The van der Waals surface area contributed by atoms with Crippen molar-refractivity contribution in [1.82, 2.24) is 4.90 Å². The Hall–Kier alpha value is -3.19. The van der Waals surface area contributed by atoms with Crippen molar-refractivity contribution in [2.24, 2.45) is 0 Å². The molecule has 0 aliphatic carbocycles. The van der Waals surface area contributed by atoms with Crippen LogP contribution >= 0.6 is 0 Å². The van der Waals surface area contributed by atoms with Crippen LogP contribution in [0.25, 0.3) is 6.08 Å². The zero-order valence-electron chi connectivity index (χ0n) is 15.8. The Balaban J connectivity index is 1.56. The largest absolute Gasteiger partial charge is 0.476 e. The molecule has 1 atom stereocenters. The van der Waals surface area contributed by atoms with Crippen LogP contribution in [0, 0.1) is 5.82 Å². The lowest BCUT2D eigenvalue weighted by atomic mass is 10.1. The highest BCUT2D eigenvalue weighted by Crippen LogP contribution is 2.33. The number of ether oxygens (including phenoxy) is 2. The van der Waals surface area contributed by atoms with E-state index in [0.29, 0.717) is 43.3 Å². The topological polar surface area (TPSA) is 59.1 Å². The van der Waals surface area contributed by atoms with Crippen molar-refractivity contribution in [3.05, 3.63) is 66.0 Å². The van der Waals surface area contributed by atoms with E-state index < -0.39 is 6.10 Å². The molecule has 6 nitrogen and oxygen atoms in total. The maximum atomic E-state index is 13.4. The van der Waals surface area contributed by atoms with Crippen LogP contribution in [0.3, 0.4) is 0 Å². The van der Waals surface area contributed by atoms with Crippen molar-refractivity contribution in [1.29, 1.82) is 0 Å². The van der Waals surface area contributed by atoms with Gasteiger partial charge in [-0.3, -0.25) is 9.59 Å². The molecule has 0 saturated carbocycles. The first kappa shape index (κ1) is 19.1. The Morgan fingerprint density at radius 2 is 1.86 bits per heavy atom. The van der Waals surface area contributed by atoms with Crippen molar-refractivity contribution in [2.75, 3.05) is 37.7 Å². The maximum absolute atomic E-state index is 13.4. The molecule has 2 aromatic carbocycles. The highest BCUT2D eigenvalue weighted by Gasteiger charge is 2.35. The molecule has 0 N–H and O–H groups in total. The fourth-order valence-electron chi connectivity index (χ4n) is 3.43. The molecule has 2 heterocycles. The summed E-state index contributed by atoms with van der Waals surface area (Å²) in [5.74, 6) is -0.343. The summed E-state index contributed by atoms with van der Waals surface area (Å²) in [6.45, 7) is 2.11. The molecule has 0 radical (unpaired) electrons. The molecule has 2 amide bonds. The second kappa shape index (κ2) is 8.45. The van der Waals surface area contributed by atoms with Crippen LogP contribution in [0.5, 0.6) is 5.75 Å². The minimum atomic E-state index is -0.783. The van der Waals surface area contributed by atoms with E-state index in [1.807, 2.05) is 6.07 Å². The number of halogens is 1. The summed E-state index contributed by atoms with van der Waals surface area (Å²) in [4.78, 5) is 29.0. The molecule has 0 aromatic heterocycles. The zero-order chi connectivity index (χ0) is 20.2. The Labute approximate surface area is 168 Å². The highest BCUT2D eigenvalue weighted by atomic mass is 19.1. The lowest BCUT2D eigenvalue weighted by molar-refractivity contribution is -0.142. The normalized spacial score (nSPS) is 19.0. The first-order valence-corrected chi connectivity index (χ1v) is 9.49. The molecule has 2 aliphatic rings. The first-order chi connectivity index (χ1) is 14.1. The predicted octanol–water partition coefficient (Wildman–Crippen LogP) is 2.49. The van der Waals surface area contributed by atoms with Gasteiger partial charge in [0, 0.05) is 19.2 Å². The van der Waals surface area contributed by atoms with Gasteiger partial charge >= 0.3 is 0 Å². The van der Waals surface area contributed by atoms with Crippen LogP contribution in [0.4, 0.5) is 10.1 Å². The highest BCUT2D eigenvalue weighted by molar-refractivity contribution is 6.05. The summed E-state index contributed by atoms with van der Waals surface area (Å²) in [5.41, 5.74) is 1.19. The molecule has 150 valence electrons. The second-order valence-corrected chi connectivity index (χ2v) is 6.85. The van der Waals surface area contributed by atoms with Gasteiger partial charge in [-0.25, -0.2) is 4.39 Å². The fraction of sp³-hybridized carbons (Fsp3) is 0.273. The van der Waals surface area contributed by atoms with Gasteiger partial charge in [0.2, 0.25) is 0 Å². The van der Waals surface area contributed by atoms with Crippen LogP contribution in [0.2, 0.25) is 0 Å². The molecule has 4 rings (SSSR count). The van der Waals surface area contributed by atoms with Gasteiger partial charge in [0.15, 0.2) is 6.10 Å². The standard InChI is InChI=1S/C22H21FN2O4/c23-17-5-3-4-16(14-17)8-9-21(26)25-15-20(22(27)24-10-12-28-13-11-24)29-19-7-2-1-6-18(19)25/h1-9,14,20H,10-13,15H2/b9-8+/t20-/m0/s1. The lowest BCUT2D eigenvalue weighted by Gasteiger charge is -2.37. The number of benzene rings is 2. The van der Waals surface area contributed by atoms with Crippen molar-refractivity contribution >= 4 is 23.6 Å². The summed E-state index contributed by atoms with van der Waals surface area (Å²) in [7, 11) is 0. The number of fused-ring (bicyclic) bond motifs is 1. The van der Waals surface area contributed by atoms with E-state index in [-0.39, 0.29) is 24.2 Å². The maximum Gasteiger partial charge on any atom is 0.265 e. The number of carbonyl (C=O) groups is 2. The van der Waals surface area contributed by atoms with Crippen molar-refractivity contribution in [2.45, 2.75) is 6.10 Å². The average Bonchev–Trinajstić information content (AvgIpc) is 2.77. The summed E-state index contributed by atoms with van der Waals surface area (Å²) in [6.07, 6.45) is 2.16. The van der Waals surface area contributed by atoms with Gasteiger partial charge in [0.25, 0.3) is 11.8 Å². The molecule has 29 heavy (non-hydrogen) atoms. The number of nitrogens with zero attached hydrogens (tertiary/aromatic N) is 2. The van der Waals surface area contributed by atoms with Gasteiger partial charge in [-0.15, -0.1) is 0 Å². The van der Waals surface area contributed by atoms with Gasteiger partial charge in [-0.2, -0.15) is 0 Å². The lowest BCUT2D eigenvalue weighted by Crippen LogP contribution is -2.53. The van der Waals surface area contributed by atoms with E-state index in [1.165, 1.54) is 23.1 Å². The Morgan fingerprint density at radius 1 is 1.07 bits per heavy atom. The molecule has 0 spiro atoms. The minimum absolute atomic E-state index is 0.111. The molecule has 1 saturated heterocycles. The quantitative estimate of drug-likeness (QED) is 0.748. The van der Waals surface area contributed by atoms with Crippen LogP contribution in [-0.2, 0) is 14.3 Å². The van der Waals surface area contributed by atoms with Crippen molar-refractivity contribution in [3.8, 4) is 5.75 Å². The Bertz CT molecular complexity index is 940. The van der Waals surface area contributed by atoms with Gasteiger partial charge in [-0.1, -0.05) is 24.3 Å². The van der Waals surface area contributed by atoms with Gasteiger partial charge in [-0.05, 0) is 35.9 Å². The molecular formula is C22H21FN2O4. The molecule has 1 fully saturated rings. The van der Waals surface area contributed by atoms with Crippen LogP contribution < -0.4 is 9.64 Å². The van der Waals surface area contributed by atoms with Gasteiger partial charge in [0.05, 0.1) is 25.4 Å². The number of hydrogen-bond donors (Lipinski definition) is 0. The molecule has 0 bridgehead atoms. The number of rotatable bonds is 3. The summed E-state index contributed by atoms with van der Waals surface area (Å²) in [6, 6.07) is 13.1. The van der Waals surface area contributed by atoms with E-state index in [2.05, 4.69) is 0 Å². The number of carbonyl (C=O) groups excluding carboxylic acids is 2. The number of morpholine rings is 1. The number of amides is 2. The first-order valence-electron chi connectivity index (χ1n) is 9.49. The predicted molar refractivity (Wildman–Crippen MR) is 106 cm³/mol. The molecule has 2 aromatic rings. The SMILES string of the molecule is O=C([C@@H]1CN(C(=O)/C=C/c2cccc(F)c2)c2ccccc2O1)N1CCOCC1. The minimum Gasteiger partial charge on any atom is -0.476 e. The summed E-state index contributed by atoms with van der Waals surface area (Å²) in [5, 5.41) is 0. The van der Waals surface area contributed by atoms with E-state index >= 15 is 0 Å². The van der Waals surface area contributed by atoms with Crippen LogP contribution in [-0.4, -0.2) is 55.7 Å². The van der Waals surface area contributed by atoms with Gasteiger partial charge in [0.1, 0.15) is 11.6 Å². The average molecular weight is 396 g/mol. The third-order valence-corrected chi connectivity index (χ3v) is 4.90. The monoisotopic (exact) mass is 396 g/mol. The molecule has 0 unspecified atom stereocenters. The van der Waals surface area contributed by atoms with Crippen LogP contribution in [0.15, 0.2) is 54.6 Å². The third-order valence-electron chi connectivity index (χ3n) is 4.90. The molecular weight excluding hydrogens is 375 g/mol. The van der Waals surface area contributed by atoms with Crippen LogP contribution in [0.1, 0.15) is 5.56 Å². The van der Waals surface area contributed by atoms with Crippen molar-refractivity contribution in [3.63, 3.8) is 0 Å². The summed E-state index contributed by atoms with van der Waals surface area (Å²) >= 11 is 0. The van der Waals surface area contributed by atoms with Gasteiger partial charge < -0.3 is 19.3 Å². The Morgan fingerprint density at radius 3 is 2.66 bits per heavy atom. The fourth-order valence-corrected chi connectivity index (χ4v) is 3.43. The van der Waals surface area contributed by atoms with E-state index in [1.54, 1.807) is 41.3 Å². The molecule has 2 aliphatic heterocycles. The summed E-state index contributed by atoms with van der Waals surface area (Å²) < 4.78 is 24.6. The number of para-hydroxylation sites is 2. The molecule has 7 heteroatoms. The number of hydrogen-bond acceptors (Lipinski definition) is 4. The number of anilines is 1. The second-order valence-electron chi connectivity index (χ2n) is 6.85. The zero-order valence-corrected chi connectivity index (χ0v) is 15.8. The third kappa shape index (κ3) is 4.30. The Kier molecular flexibility index (Phi) is 5.57. The van der Waals surface area contributed by atoms with E-state index in [4.69, 9.17) is 9.47 Å².